The summed E-state index contributed by atoms with van der Waals surface area (Å²) in [5, 5.41) is 12.0. The molecule has 4 rings (SSSR count). The fourth-order valence-electron chi connectivity index (χ4n) is 2.68. The van der Waals surface area contributed by atoms with E-state index < -0.39 is 5.97 Å². The summed E-state index contributed by atoms with van der Waals surface area (Å²) in [5.41, 5.74) is 0.0422. The quantitative estimate of drug-likeness (QED) is 0.476. The molecule has 1 aromatic heterocycles. The highest BCUT2D eigenvalue weighted by Gasteiger charge is 2.15. The van der Waals surface area contributed by atoms with Gasteiger partial charge in [-0.15, -0.1) is 11.3 Å². The SMILES string of the molecule is O=C(O)c1cc(Cl)ccc1Oc1cccc2c1sc1ccccc12. The second-order valence-corrected chi connectivity index (χ2v) is 6.77. The van der Waals surface area contributed by atoms with Crippen LogP contribution in [-0.4, -0.2) is 11.1 Å². The van der Waals surface area contributed by atoms with Crippen LogP contribution < -0.4 is 4.74 Å². The summed E-state index contributed by atoms with van der Waals surface area (Å²) < 4.78 is 8.10. The molecule has 24 heavy (non-hydrogen) atoms. The van der Waals surface area contributed by atoms with Crippen molar-refractivity contribution in [2.75, 3.05) is 0 Å². The molecule has 0 fully saturated rings. The third kappa shape index (κ3) is 2.50. The van der Waals surface area contributed by atoms with E-state index in [1.807, 2.05) is 30.3 Å². The minimum atomic E-state index is -1.07. The van der Waals surface area contributed by atoms with E-state index in [2.05, 4.69) is 12.1 Å². The van der Waals surface area contributed by atoms with Gasteiger partial charge in [0.1, 0.15) is 17.1 Å². The lowest BCUT2D eigenvalue weighted by Gasteiger charge is -2.10. The molecular weight excluding hydrogens is 344 g/mol. The average Bonchev–Trinajstić information content (AvgIpc) is 2.96. The number of halogens is 1. The van der Waals surface area contributed by atoms with Gasteiger partial charge in [-0.05, 0) is 30.3 Å². The maximum absolute atomic E-state index is 11.4. The van der Waals surface area contributed by atoms with Crippen LogP contribution >= 0.6 is 22.9 Å². The van der Waals surface area contributed by atoms with Gasteiger partial charge in [0.2, 0.25) is 0 Å². The molecule has 4 aromatic rings. The number of hydrogen-bond acceptors (Lipinski definition) is 3. The molecule has 0 atom stereocenters. The lowest BCUT2D eigenvalue weighted by Crippen LogP contribution is -2.00. The van der Waals surface area contributed by atoms with Crippen LogP contribution in [0.4, 0.5) is 0 Å². The van der Waals surface area contributed by atoms with E-state index in [1.165, 1.54) is 6.07 Å². The van der Waals surface area contributed by atoms with Crippen LogP contribution in [0.15, 0.2) is 60.7 Å². The average molecular weight is 355 g/mol. The Morgan fingerprint density at radius 3 is 2.58 bits per heavy atom. The summed E-state index contributed by atoms with van der Waals surface area (Å²) in [5.74, 6) is -0.161. The number of hydrogen-bond donors (Lipinski definition) is 1. The predicted octanol–water partition coefficient (Wildman–Crippen LogP) is 6.20. The number of rotatable bonds is 3. The minimum Gasteiger partial charge on any atom is -0.478 e. The second-order valence-electron chi connectivity index (χ2n) is 5.28. The third-order valence-corrected chi connectivity index (χ3v) is 5.20. The summed E-state index contributed by atoms with van der Waals surface area (Å²) in [6, 6.07) is 18.5. The van der Waals surface area contributed by atoms with Crippen molar-refractivity contribution in [3.05, 3.63) is 71.2 Å². The number of carboxylic acids is 1. The molecule has 0 aliphatic rings. The van der Waals surface area contributed by atoms with E-state index in [4.69, 9.17) is 16.3 Å². The number of aromatic carboxylic acids is 1. The van der Waals surface area contributed by atoms with Gasteiger partial charge in [-0.1, -0.05) is 41.9 Å². The van der Waals surface area contributed by atoms with Gasteiger partial charge in [-0.25, -0.2) is 4.79 Å². The molecule has 0 saturated carbocycles. The largest absolute Gasteiger partial charge is 0.478 e. The van der Waals surface area contributed by atoms with E-state index in [-0.39, 0.29) is 11.3 Å². The molecule has 1 heterocycles. The van der Waals surface area contributed by atoms with Crippen LogP contribution in [0.25, 0.3) is 20.2 Å². The molecule has 3 nitrogen and oxygen atoms in total. The van der Waals surface area contributed by atoms with Gasteiger partial charge in [-0.2, -0.15) is 0 Å². The van der Waals surface area contributed by atoms with Crippen LogP contribution in [0.2, 0.25) is 5.02 Å². The Kier molecular flexibility index (Phi) is 3.63. The van der Waals surface area contributed by atoms with Gasteiger partial charge in [0, 0.05) is 20.5 Å². The smallest absolute Gasteiger partial charge is 0.339 e. The van der Waals surface area contributed by atoms with Crippen LogP contribution in [0.1, 0.15) is 10.4 Å². The molecule has 5 heteroatoms. The molecule has 0 aliphatic heterocycles. The highest BCUT2D eigenvalue weighted by molar-refractivity contribution is 7.26. The van der Waals surface area contributed by atoms with Crippen LogP contribution in [0.3, 0.4) is 0 Å². The number of carbonyl (C=O) groups is 1. The van der Waals surface area contributed by atoms with Crippen molar-refractivity contribution < 1.29 is 14.6 Å². The van der Waals surface area contributed by atoms with Crippen molar-refractivity contribution in [2.45, 2.75) is 0 Å². The van der Waals surface area contributed by atoms with E-state index >= 15 is 0 Å². The lowest BCUT2D eigenvalue weighted by molar-refractivity contribution is 0.0694. The monoisotopic (exact) mass is 354 g/mol. The van der Waals surface area contributed by atoms with Crippen molar-refractivity contribution >= 4 is 49.1 Å². The molecule has 118 valence electrons. The summed E-state index contributed by atoms with van der Waals surface area (Å²) in [7, 11) is 0. The molecule has 0 bridgehead atoms. The van der Waals surface area contributed by atoms with Crippen LogP contribution in [0, 0.1) is 0 Å². The first-order valence-electron chi connectivity index (χ1n) is 7.24. The lowest BCUT2D eigenvalue weighted by atomic mass is 10.1. The first-order valence-corrected chi connectivity index (χ1v) is 8.44. The molecule has 0 spiro atoms. The fraction of sp³-hybridized carbons (Fsp3) is 0. The molecule has 1 N–H and O–H groups in total. The van der Waals surface area contributed by atoms with E-state index in [9.17, 15) is 9.90 Å². The normalized spacial score (nSPS) is 11.0. The zero-order chi connectivity index (χ0) is 16.7. The van der Waals surface area contributed by atoms with Crippen molar-refractivity contribution in [1.82, 2.24) is 0 Å². The van der Waals surface area contributed by atoms with Gasteiger partial charge in [0.15, 0.2) is 0 Å². The molecule has 0 amide bonds. The highest BCUT2D eigenvalue weighted by Crippen LogP contribution is 2.41. The Labute approximate surface area is 146 Å². The molecule has 3 aromatic carbocycles. The summed E-state index contributed by atoms with van der Waals surface area (Å²) >= 11 is 7.52. The summed E-state index contributed by atoms with van der Waals surface area (Å²) in [4.78, 5) is 11.4. The van der Waals surface area contributed by atoms with Gasteiger partial charge >= 0.3 is 5.97 Å². The maximum atomic E-state index is 11.4. The number of carboxylic acid groups (broad SMARTS) is 1. The molecule has 0 unspecified atom stereocenters. The van der Waals surface area contributed by atoms with E-state index in [0.717, 1.165) is 20.2 Å². The first kappa shape index (κ1) is 15.0. The number of benzene rings is 3. The molecule has 0 radical (unpaired) electrons. The Bertz CT molecular complexity index is 1080. The van der Waals surface area contributed by atoms with Crippen molar-refractivity contribution in [3.8, 4) is 11.5 Å². The third-order valence-electron chi connectivity index (χ3n) is 3.76. The van der Waals surface area contributed by atoms with E-state index in [0.29, 0.717) is 10.8 Å². The Balaban J connectivity index is 1.88. The summed E-state index contributed by atoms with van der Waals surface area (Å²) in [6.45, 7) is 0. The topological polar surface area (TPSA) is 46.5 Å². The Morgan fingerprint density at radius 1 is 0.958 bits per heavy atom. The molecule has 0 aliphatic carbocycles. The maximum Gasteiger partial charge on any atom is 0.339 e. The van der Waals surface area contributed by atoms with Crippen molar-refractivity contribution in [2.24, 2.45) is 0 Å². The van der Waals surface area contributed by atoms with Crippen molar-refractivity contribution in [3.63, 3.8) is 0 Å². The zero-order valence-electron chi connectivity index (χ0n) is 12.3. The second kappa shape index (κ2) is 5.82. The summed E-state index contributed by atoms with van der Waals surface area (Å²) in [6.07, 6.45) is 0. The Hall–Kier alpha value is -2.56. The standard InChI is InChI=1S/C19H11ClO3S/c20-11-8-9-15(14(10-11)19(21)22)23-16-6-3-5-13-12-4-1-2-7-17(12)24-18(13)16/h1-10H,(H,21,22). The van der Waals surface area contributed by atoms with Crippen LogP contribution in [0.5, 0.6) is 11.5 Å². The fourth-order valence-corrected chi connectivity index (χ4v) is 4.00. The Morgan fingerprint density at radius 2 is 1.75 bits per heavy atom. The van der Waals surface area contributed by atoms with Gasteiger partial charge in [-0.3, -0.25) is 0 Å². The van der Waals surface area contributed by atoms with Crippen LogP contribution in [-0.2, 0) is 0 Å². The number of thiophene rings is 1. The van der Waals surface area contributed by atoms with Gasteiger partial charge in [0.05, 0.1) is 4.70 Å². The van der Waals surface area contributed by atoms with Gasteiger partial charge < -0.3 is 9.84 Å². The highest BCUT2D eigenvalue weighted by atomic mass is 35.5. The van der Waals surface area contributed by atoms with E-state index in [1.54, 1.807) is 23.5 Å². The minimum absolute atomic E-state index is 0.0422. The number of fused-ring (bicyclic) bond motifs is 3. The van der Waals surface area contributed by atoms with Crippen molar-refractivity contribution in [1.29, 1.82) is 0 Å². The first-order chi connectivity index (χ1) is 11.6. The zero-order valence-corrected chi connectivity index (χ0v) is 13.9. The van der Waals surface area contributed by atoms with Gasteiger partial charge in [0.25, 0.3) is 0 Å². The molecular formula is C19H11ClO3S. The predicted molar refractivity (Wildman–Crippen MR) is 97.8 cm³/mol. The molecule has 0 saturated heterocycles. The number of ether oxygens (including phenoxy) is 1.